The van der Waals surface area contributed by atoms with Gasteiger partial charge in [0.05, 0.1) is 20.8 Å². The largest absolute Gasteiger partial charge is 0.497 e. The second-order valence-electron chi connectivity index (χ2n) is 8.60. The summed E-state index contributed by atoms with van der Waals surface area (Å²) in [5.74, 6) is 2.90. The van der Waals surface area contributed by atoms with Crippen LogP contribution in [0.2, 0.25) is 0 Å². The van der Waals surface area contributed by atoms with Crippen molar-refractivity contribution in [2.24, 2.45) is 0 Å². The smallest absolute Gasteiger partial charge is 0.270 e. The molecule has 0 atom stereocenters. The number of nitrogens with zero attached hydrogens (tertiary/aromatic N) is 2. The van der Waals surface area contributed by atoms with E-state index in [-0.39, 0.29) is 14.1 Å². The Labute approximate surface area is 217 Å². The molecule has 9 heteroatoms. The first-order chi connectivity index (χ1) is 17.6. The molecule has 1 N–H and O–H groups in total. The maximum Gasteiger partial charge on any atom is 0.270 e. The highest BCUT2D eigenvalue weighted by Crippen LogP contribution is 2.33. The summed E-state index contributed by atoms with van der Waals surface area (Å²) in [6.45, 7) is 4.92. The predicted molar refractivity (Wildman–Crippen MR) is 141 cm³/mol. The number of carbonyl (C=O) groups excluding carboxylic acids is 1. The number of ether oxygens (including phenoxy) is 4. The highest BCUT2D eigenvalue weighted by atomic mass is 32.1. The molecule has 0 spiro atoms. The Bertz CT molecular complexity index is 1170. The summed E-state index contributed by atoms with van der Waals surface area (Å²) in [7, 11) is 3.30. The molecule has 2 aromatic carbocycles. The number of hydrogen-bond donors (Lipinski definition) is 1. The molecule has 0 bridgehead atoms. The number of unbranched alkanes of at least 4 members (excludes halogenated alkanes) is 2. The van der Waals surface area contributed by atoms with Crippen molar-refractivity contribution in [1.29, 1.82) is 0 Å². The van der Waals surface area contributed by atoms with Crippen LogP contribution in [0.1, 0.15) is 54.2 Å². The Morgan fingerprint density at radius 1 is 1.08 bits per heavy atom. The molecule has 3 aromatic rings. The van der Waals surface area contributed by atoms with Crippen LogP contribution in [0.5, 0.6) is 23.0 Å². The molecule has 1 aliphatic rings. The fourth-order valence-electron chi connectivity index (χ4n) is 4.04. The van der Waals surface area contributed by atoms with Gasteiger partial charge in [0.1, 0.15) is 22.2 Å². The van der Waals surface area contributed by atoms with Crippen molar-refractivity contribution in [3.05, 3.63) is 63.6 Å². The maximum atomic E-state index is 12.5. The molecule has 2 heterocycles. The molecule has 0 saturated carbocycles. The van der Waals surface area contributed by atoms with Crippen LogP contribution < -0.4 is 24.3 Å². The van der Waals surface area contributed by atoms with Crippen molar-refractivity contribution in [2.75, 3.05) is 27.6 Å². The van der Waals surface area contributed by atoms with Gasteiger partial charge in [-0.1, -0.05) is 31.9 Å². The fourth-order valence-corrected chi connectivity index (χ4v) is 4.85. The number of rotatable bonds is 13. The lowest BCUT2D eigenvalue weighted by atomic mass is 10.1. The molecule has 0 fully saturated rings. The molecule has 4 rings (SSSR count). The van der Waals surface area contributed by atoms with Crippen molar-refractivity contribution >= 4 is 17.2 Å². The van der Waals surface area contributed by atoms with Crippen molar-refractivity contribution < 1.29 is 25.2 Å². The van der Waals surface area contributed by atoms with Gasteiger partial charge in [0.15, 0.2) is 11.5 Å². The summed E-state index contributed by atoms with van der Waals surface area (Å²) >= 11 is 1.50. The highest BCUT2D eigenvalue weighted by molar-refractivity contribution is 7.09. The minimum Gasteiger partial charge on any atom is -0.497 e. The van der Waals surface area contributed by atoms with E-state index in [1.807, 2.05) is 41.8 Å². The Kier molecular flexibility index (Phi) is 9.02. The summed E-state index contributed by atoms with van der Waals surface area (Å²) in [5.41, 5.74) is 2.60. The number of aromatic nitrogens is 1. The number of hydrogen-bond acceptors (Lipinski definition) is 8. The van der Waals surface area contributed by atoms with Gasteiger partial charge in [0.2, 0.25) is 6.79 Å². The molecule has 36 heavy (non-hydrogen) atoms. The van der Waals surface area contributed by atoms with Crippen LogP contribution in [-0.4, -0.2) is 43.3 Å². The first-order valence-electron chi connectivity index (χ1n) is 12.1. The first-order valence-corrected chi connectivity index (χ1v) is 13.0. The van der Waals surface area contributed by atoms with Crippen LogP contribution in [-0.2, 0) is 19.6 Å². The van der Waals surface area contributed by atoms with Crippen LogP contribution >= 0.6 is 11.3 Å². The number of carbonyl (C=O) groups is 1. The fraction of sp³-hybridized carbons (Fsp3) is 0.407. The van der Waals surface area contributed by atoms with Gasteiger partial charge in [-0.15, -0.1) is 11.3 Å². The quantitative estimate of drug-likeness (QED) is 0.312. The van der Waals surface area contributed by atoms with Gasteiger partial charge in [-0.3, -0.25) is 9.69 Å². The van der Waals surface area contributed by atoms with Crippen molar-refractivity contribution in [1.82, 2.24) is 15.2 Å². The number of fused-ring (bicyclic) bond motifs is 1. The topological polar surface area (TPSA) is 82.2 Å². The summed E-state index contributed by atoms with van der Waals surface area (Å²) in [4.78, 5) is 19.4. The monoisotopic (exact) mass is 513 g/mol. The molecule has 0 aliphatic carbocycles. The van der Waals surface area contributed by atoms with Gasteiger partial charge in [-0.2, -0.15) is 0 Å². The van der Waals surface area contributed by atoms with Crippen molar-refractivity contribution in [3.8, 4) is 23.0 Å². The van der Waals surface area contributed by atoms with E-state index in [4.69, 9.17) is 18.9 Å². The third-order valence-electron chi connectivity index (χ3n) is 5.94. The molecule has 1 aromatic heterocycles. The molecular weight excluding hydrogens is 478 g/mol. The normalized spacial score (nSPS) is 12.1. The molecular formula is C27H35N3O5S. The van der Waals surface area contributed by atoms with Crippen molar-refractivity contribution in [3.63, 3.8) is 0 Å². The zero-order valence-corrected chi connectivity index (χ0v) is 21.9. The zero-order valence-electron chi connectivity index (χ0n) is 21.0. The first kappa shape index (κ1) is 25.8. The SMILES string of the molecule is CCCCCNC(=O)c1csc(CN(Cc2ccc3c(c2)OCO3)Cc2ccc(OC)cc2OC)n1.[HH]. The van der Waals surface area contributed by atoms with Crippen LogP contribution in [0.3, 0.4) is 0 Å². The average molecular weight is 514 g/mol. The van der Waals surface area contributed by atoms with Gasteiger partial charge in [0.25, 0.3) is 5.91 Å². The van der Waals surface area contributed by atoms with Crippen LogP contribution in [0, 0.1) is 0 Å². The summed E-state index contributed by atoms with van der Waals surface area (Å²) in [6.07, 6.45) is 3.20. The Morgan fingerprint density at radius 2 is 1.94 bits per heavy atom. The number of methoxy groups -OCH3 is 2. The Balaban J connectivity index is 0.00000380. The summed E-state index contributed by atoms with van der Waals surface area (Å²) in [6, 6.07) is 11.8. The standard InChI is InChI=1S/C27H33N3O5S.H2/c1-4-5-6-11-28-27(31)22-17-36-26(29-22)16-30(14-19-7-10-23-25(12-19)35-18-34-23)15-20-8-9-21(32-2)13-24(20)33-3;/h7-10,12-13,17H,4-6,11,14-16,18H2,1-3H3,(H,28,31);1H. The van der Waals surface area contributed by atoms with E-state index >= 15 is 0 Å². The Hall–Kier alpha value is -3.30. The second-order valence-corrected chi connectivity index (χ2v) is 9.54. The van der Waals surface area contributed by atoms with Gasteiger partial charge in [-0.25, -0.2) is 4.98 Å². The molecule has 0 radical (unpaired) electrons. The molecule has 1 aliphatic heterocycles. The second kappa shape index (κ2) is 12.6. The number of thiazole rings is 1. The van der Waals surface area contributed by atoms with E-state index < -0.39 is 0 Å². The van der Waals surface area contributed by atoms with Gasteiger partial charge < -0.3 is 24.3 Å². The van der Waals surface area contributed by atoms with Gasteiger partial charge >= 0.3 is 0 Å². The van der Waals surface area contributed by atoms with E-state index in [1.54, 1.807) is 14.2 Å². The minimum absolute atomic E-state index is 0. The van der Waals surface area contributed by atoms with Crippen LogP contribution in [0.15, 0.2) is 41.8 Å². The summed E-state index contributed by atoms with van der Waals surface area (Å²) in [5, 5.41) is 5.67. The van der Waals surface area contributed by atoms with E-state index in [0.29, 0.717) is 31.9 Å². The van der Waals surface area contributed by atoms with Crippen molar-refractivity contribution in [2.45, 2.75) is 45.8 Å². The van der Waals surface area contributed by atoms with Gasteiger partial charge in [0, 0.05) is 38.1 Å². The average Bonchev–Trinajstić information content (AvgIpc) is 3.56. The van der Waals surface area contributed by atoms with E-state index in [0.717, 1.165) is 58.4 Å². The minimum atomic E-state index is -0.118. The molecule has 8 nitrogen and oxygen atoms in total. The molecule has 0 saturated heterocycles. The molecule has 0 unspecified atom stereocenters. The predicted octanol–water partition coefficient (Wildman–Crippen LogP) is 5.26. The summed E-state index contributed by atoms with van der Waals surface area (Å²) < 4.78 is 22.0. The maximum absolute atomic E-state index is 12.5. The van der Waals surface area contributed by atoms with Crippen LogP contribution in [0.25, 0.3) is 0 Å². The number of amides is 1. The van der Waals surface area contributed by atoms with Gasteiger partial charge in [-0.05, 0) is 30.2 Å². The lowest BCUT2D eigenvalue weighted by molar-refractivity contribution is 0.0948. The number of nitrogens with one attached hydrogen (secondary N) is 1. The zero-order chi connectivity index (χ0) is 25.3. The van der Waals surface area contributed by atoms with Crippen LogP contribution in [0.4, 0.5) is 0 Å². The molecule has 194 valence electrons. The highest BCUT2D eigenvalue weighted by Gasteiger charge is 2.18. The Morgan fingerprint density at radius 3 is 2.75 bits per heavy atom. The molecule has 1 amide bonds. The van der Waals surface area contributed by atoms with E-state index in [2.05, 4.69) is 22.1 Å². The van der Waals surface area contributed by atoms with E-state index in [1.165, 1.54) is 11.3 Å². The number of benzene rings is 2. The lowest BCUT2D eigenvalue weighted by Crippen LogP contribution is -2.25. The van der Waals surface area contributed by atoms with E-state index in [9.17, 15) is 4.79 Å². The third kappa shape index (κ3) is 6.67. The third-order valence-corrected chi connectivity index (χ3v) is 6.77. The lowest BCUT2D eigenvalue weighted by Gasteiger charge is -2.23.